The number of aliphatic hydroxyl groups excluding tert-OH is 2. The van der Waals surface area contributed by atoms with E-state index in [1.54, 1.807) is 0 Å². The Hall–Kier alpha value is -1.92. The maximum atomic E-state index is 12.6. The van der Waals surface area contributed by atoms with Crippen molar-refractivity contribution in [3.8, 4) is 0 Å². The molecule has 0 spiro atoms. The first-order chi connectivity index (χ1) is 41.5. The molecule has 0 heterocycles. The van der Waals surface area contributed by atoms with Crippen molar-refractivity contribution in [1.29, 1.82) is 0 Å². The Kier molecular flexibility index (Phi) is 71.9. The Morgan fingerprint density at radius 2 is 0.595 bits per heavy atom. The largest absolute Gasteiger partial charge is 0.466 e. The van der Waals surface area contributed by atoms with Crippen molar-refractivity contribution in [2.75, 3.05) is 13.2 Å². The average Bonchev–Trinajstić information content (AvgIpc) is 3.53. The molecule has 0 aromatic rings. The molecule has 0 saturated heterocycles. The number of hydrogen-bond donors (Lipinski definition) is 3. The number of amides is 1. The van der Waals surface area contributed by atoms with Crippen LogP contribution in [0.3, 0.4) is 0 Å². The van der Waals surface area contributed by atoms with E-state index in [1.807, 2.05) is 0 Å². The van der Waals surface area contributed by atoms with E-state index in [2.05, 4.69) is 55.6 Å². The minimum absolute atomic E-state index is 0.00703. The average molecular weight is 1180 g/mol. The highest BCUT2D eigenvalue weighted by Crippen LogP contribution is 2.19. The van der Waals surface area contributed by atoms with Crippen LogP contribution in [0.4, 0.5) is 0 Å². The number of esters is 1. The summed E-state index contributed by atoms with van der Waals surface area (Å²) in [5, 5.41) is 23.5. The molecular weight excluding hydrogens is 1030 g/mol. The van der Waals surface area contributed by atoms with Gasteiger partial charge in [0, 0.05) is 12.8 Å². The van der Waals surface area contributed by atoms with Gasteiger partial charge < -0.3 is 20.3 Å². The van der Waals surface area contributed by atoms with Crippen LogP contribution in [0.15, 0.2) is 36.5 Å². The number of rotatable bonds is 72. The zero-order valence-electron chi connectivity index (χ0n) is 56.9. The van der Waals surface area contributed by atoms with Crippen LogP contribution < -0.4 is 5.32 Å². The lowest BCUT2D eigenvalue weighted by atomic mass is 10.0. The molecule has 6 nitrogen and oxygen atoms in total. The molecule has 84 heavy (non-hydrogen) atoms. The summed E-state index contributed by atoms with van der Waals surface area (Å²) in [5.41, 5.74) is 0. The molecule has 6 heteroatoms. The van der Waals surface area contributed by atoms with Crippen molar-refractivity contribution >= 4 is 11.9 Å². The second kappa shape index (κ2) is 73.5. The van der Waals surface area contributed by atoms with E-state index in [9.17, 15) is 19.8 Å². The third kappa shape index (κ3) is 69.2. The Morgan fingerprint density at radius 3 is 0.929 bits per heavy atom. The van der Waals surface area contributed by atoms with E-state index in [4.69, 9.17) is 4.74 Å². The van der Waals surface area contributed by atoms with Crippen LogP contribution >= 0.6 is 0 Å². The first kappa shape index (κ1) is 82.1. The molecule has 0 saturated carbocycles. The minimum atomic E-state index is -0.668. The van der Waals surface area contributed by atoms with Gasteiger partial charge in [0.05, 0.1) is 25.4 Å². The van der Waals surface area contributed by atoms with Crippen LogP contribution in [0.25, 0.3) is 0 Å². The molecule has 0 aliphatic carbocycles. The smallest absolute Gasteiger partial charge is 0.305 e. The number of carbonyl (C=O) groups is 2. The lowest BCUT2D eigenvalue weighted by molar-refractivity contribution is -0.143. The summed E-state index contributed by atoms with van der Waals surface area (Å²) in [5.74, 6) is -0.0263. The predicted octanol–water partition coefficient (Wildman–Crippen LogP) is 25.0. The van der Waals surface area contributed by atoms with Crippen LogP contribution in [0.2, 0.25) is 0 Å². The van der Waals surface area contributed by atoms with E-state index >= 15 is 0 Å². The van der Waals surface area contributed by atoms with Crippen LogP contribution in [0, 0.1) is 0 Å². The Bertz CT molecular complexity index is 1360. The third-order valence-corrected chi connectivity index (χ3v) is 17.9. The summed E-state index contributed by atoms with van der Waals surface area (Å²) in [6, 6.07) is -0.546. The second-order valence-electron chi connectivity index (χ2n) is 26.3. The summed E-state index contributed by atoms with van der Waals surface area (Å²) in [7, 11) is 0. The van der Waals surface area contributed by atoms with E-state index in [0.717, 1.165) is 51.4 Å². The molecular formula is C78H149NO5. The number of hydrogen-bond acceptors (Lipinski definition) is 5. The zero-order chi connectivity index (χ0) is 60.6. The highest BCUT2D eigenvalue weighted by molar-refractivity contribution is 5.76. The van der Waals surface area contributed by atoms with Crippen LogP contribution in [-0.2, 0) is 14.3 Å². The van der Waals surface area contributed by atoms with Gasteiger partial charge in [0.25, 0.3) is 0 Å². The van der Waals surface area contributed by atoms with Gasteiger partial charge in [-0.25, -0.2) is 0 Å². The highest BCUT2D eigenvalue weighted by atomic mass is 16.5. The van der Waals surface area contributed by atoms with Gasteiger partial charge in [-0.3, -0.25) is 9.59 Å². The van der Waals surface area contributed by atoms with E-state index in [-0.39, 0.29) is 18.5 Å². The molecule has 2 unspecified atom stereocenters. The molecule has 0 bridgehead atoms. The Morgan fingerprint density at radius 1 is 0.333 bits per heavy atom. The van der Waals surface area contributed by atoms with Crippen molar-refractivity contribution < 1.29 is 24.5 Å². The molecule has 496 valence electrons. The monoisotopic (exact) mass is 1180 g/mol. The standard InChI is InChI=1S/C78H149NO5/c1-3-5-7-9-11-13-15-17-19-21-23-24-25-29-32-35-38-42-46-50-54-58-62-66-70-76(81)75(74-80)79-77(82)71-67-63-59-55-51-47-43-39-36-33-30-27-26-28-31-34-37-41-45-49-53-57-61-65-69-73-84-78(83)72-68-64-60-56-52-48-44-40-22-20-18-16-14-12-10-8-6-4-2/h14,16,20,22,27,30,75-76,80-81H,3-13,15,17-19,21,23-26,28-29,31-74H2,1-2H3,(H,79,82)/b16-14-,22-20-,30-27-. The van der Waals surface area contributed by atoms with Crippen molar-refractivity contribution in [3.05, 3.63) is 36.5 Å². The van der Waals surface area contributed by atoms with Gasteiger partial charge in [0.15, 0.2) is 0 Å². The summed E-state index contributed by atoms with van der Waals surface area (Å²) >= 11 is 0. The molecule has 2 atom stereocenters. The topological polar surface area (TPSA) is 95.9 Å². The molecule has 0 aromatic carbocycles. The molecule has 0 aromatic heterocycles. The van der Waals surface area contributed by atoms with Gasteiger partial charge in [-0.1, -0.05) is 365 Å². The maximum absolute atomic E-state index is 12.6. The Balaban J connectivity index is 3.39. The van der Waals surface area contributed by atoms with E-state index in [0.29, 0.717) is 25.9 Å². The van der Waals surface area contributed by atoms with Crippen molar-refractivity contribution in [2.45, 2.75) is 437 Å². The van der Waals surface area contributed by atoms with Gasteiger partial charge >= 0.3 is 5.97 Å². The summed E-state index contributed by atoms with van der Waals surface area (Å²) in [6.45, 7) is 4.97. The molecule has 3 N–H and O–H groups in total. The van der Waals surface area contributed by atoms with Crippen molar-refractivity contribution in [1.82, 2.24) is 5.32 Å². The van der Waals surface area contributed by atoms with Crippen LogP contribution in [-0.4, -0.2) is 47.4 Å². The number of allylic oxidation sites excluding steroid dienone is 6. The Labute approximate surface area is 525 Å². The predicted molar refractivity (Wildman–Crippen MR) is 370 cm³/mol. The van der Waals surface area contributed by atoms with Gasteiger partial charge in [0.1, 0.15) is 0 Å². The summed E-state index contributed by atoms with van der Waals surface area (Å²) in [4.78, 5) is 24.7. The lowest BCUT2D eigenvalue weighted by Gasteiger charge is -2.22. The number of unbranched alkanes of at least 4 members (excludes halogenated alkanes) is 55. The molecule has 1 amide bonds. The van der Waals surface area contributed by atoms with Crippen molar-refractivity contribution in [2.24, 2.45) is 0 Å². The summed E-state index contributed by atoms with van der Waals surface area (Å²) in [6.07, 6.45) is 95.0. The summed E-state index contributed by atoms with van der Waals surface area (Å²) < 4.78 is 5.50. The number of ether oxygens (including phenoxy) is 1. The lowest BCUT2D eigenvalue weighted by Crippen LogP contribution is -2.45. The van der Waals surface area contributed by atoms with Gasteiger partial charge in [-0.2, -0.15) is 0 Å². The molecule has 0 fully saturated rings. The van der Waals surface area contributed by atoms with Gasteiger partial charge in [-0.15, -0.1) is 0 Å². The zero-order valence-corrected chi connectivity index (χ0v) is 56.9. The SMILES string of the molecule is CCCCCC/C=C\C/C=C\CCCCCCCCCC(=O)OCCCCCCCCCCCCCC/C=C\CCCCCCCCCCCC(=O)NC(CO)C(O)CCCCCCCCCCCCCCCCCCCCCCCCCC. The van der Waals surface area contributed by atoms with Crippen LogP contribution in [0.1, 0.15) is 425 Å². The first-order valence-corrected chi connectivity index (χ1v) is 38.2. The van der Waals surface area contributed by atoms with Gasteiger partial charge in [0.2, 0.25) is 5.91 Å². The highest BCUT2D eigenvalue weighted by Gasteiger charge is 2.20. The molecule has 0 aliphatic heterocycles. The number of aliphatic hydroxyl groups is 2. The molecule has 0 radical (unpaired) electrons. The normalized spacial score (nSPS) is 12.7. The quantitative estimate of drug-likeness (QED) is 0.0320. The number of carbonyl (C=O) groups excluding carboxylic acids is 2. The van der Waals surface area contributed by atoms with E-state index in [1.165, 1.54) is 340 Å². The van der Waals surface area contributed by atoms with E-state index < -0.39 is 12.1 Å². The fourth-order valence-electron chi connectivity index (χ4n) is 12.1. The van der Waals surface area contributed by atoms with Crippen LogP contribution in [0.5, 0.6) is 0 Å². The van der Waals surface area contributed by atoms with Crippen molar-refractivity contribution in [3.63, 3.8) is 0 Å². The molecule has 0 aliphatic rings. The maximum Gasteiger partial charge on any atom is 0.305 e. The third-order valence-electron chi connectivity index (χ3n) is 17.9. The minimum Gasteiger partial charge on any atom is -0.466 e. The fourth-order valence-corrected chi connectivity index (χ4v) is 12.1. The molecule has 0 rings (SSSR count). The number of nitrogens with one attached hydrogen (secondary N) is 1. The fraction of sp³-hybridized carbons (Fsp3) is 0.897. The first-order valence-electron chi connectivity index (χ1n) is 38.2. The second-order valence-corrected chi connectivity index (χ2v) is 26.3. The van der Waals surface area contributed by atoms with Gasteiger partial charge in [-0.05, 0) is 83.5 Å².